The van der Waals surface area contributed by atoms with Gasteiger partial charge < -0.3 is 16.8 Å². The highest BCUT2D eigenvalue weighted by atomic mass is 15.4. The van der Waals surface area contributed by atoms with Crippen LogP contribution in [0.5, 0.6) is 0 Å². The number of hydrogen-bond acceptors (Lipinski definition) is 11. The highest BCUT2D eigenvalue weighted by molar-refractivity contribution is 5.75. The van der Waals surface area contributed by atoms with Gasteiger partial charge >= 0.3 is 0 Å². The predicted molar refractivity (Wildman–Crippen MR) is 120 cm³/mol. The van der Waals surface area contributed by atoms with Gasteiger partial charge in [-0.25, -0.2) is 15.0 Å². The maximum absolute atomic E-state index is 9.73. The van der Waals surface area contributed by atoms with Crippen LogP contribution in [0.25, 0.3) is 5.95 Å². The van der Waals surface area contributed by atoms with E-state index in [1.165, 1.54) is 23.3 Å². The van der Waals surface area contributed by atoms with Crippen LogP contribution in [0.2, 0.25) is 0 Å². The van der Waals surface area contributed by atoms with Gasteiger partial charge in [0.1, 0.15) is 23.4 Å². The van der Waals surface area contributed by atoms with E-state index in [-0.39, 0.29) is 40.2 Å². The van der Waals surface area contributed by atoms with Crippen molar-refractivity contribution in [3.05, 3.63) is 65.6 Å². The van der Waals surface area contributed by atoms with Crippen LogP contribution in [0.4, 0.5) is 34.5 Å². The quantitative estimate of drug-likeness (QED) is 0.310. The van der Waals surface area contributed by atoms with E-state index in [0.717, 1.165) is 0 Å². The fourth-order valence-corrected chi connectivity index (χ4v) is 2.94. The molecule has 1 aromatic carbocycles. The zero-order valence-corrected chi connectivity index (χ0v) is 17.3. The number of aromatic nitrogens is 5. The zero-order valence-electron chi connectivity index (χ0n) is 17.3. The molecule has 4 rings (SSSR count). The molecule has 5 N–H and O–H groups in total. The molecule has 0 saturated heterocycles. The molecule has 4 aromatic rings. The number of nitrogens with two attached hydrogens (primary N) is 2. The van der Waals surface area contributed by atoms with Gasteiger partial charge in [-0.3, -0.25) is 0 Å². The van der Waals surface area contributed by atoms with E-state index in [4.69, 9.17) is 11.5 Å². The lowest BCUT2D eigenvalue weighted by molar-refractivity contribution is 0.803. The second kappa shape index (κ2) is 8.79. The van der Waals surface area contributed by atoms with Crippen molar-refractivity contribution in [3.8, 4) is 18.1 Å². The monoisotopic (exact) mass is 436 g/mol. The van der Waals surface area contributed by atoms with Gasteiger partial charge in [-0.15, -0.1) is 10.2 Å². The Bertz CT molecular complexity index is 1420. The summed E-state index contributed by atoms with van der Waals surface area (Å²) in [6, 6.07) is 12.7. The van der Waals surface area contributed by atoms with Gasteiger partial charge in [0.15, 0.2) is 17.5 Å². The number of pyridine rings is 1. The molecular weight excluding hydrogens is 420 g/mol. The Balaban J connectivity index is 1.74. The Morgan fingerprint density at radius 2 is 1.76 bits per heavy atom. The number of nitrogens with zero attached hydrogens (tertiary/aromatic N) is 9. The van der Waals surface area contributed by atoms with Crippen LogP contribution in [-0.2, 0) is 0 Å². The summed E-state index contributed by atoms with van der Waals surface area (Å²) in [7, 11) is 0. The third kappa shape index (κ3) is 4.12. The number of anilines is 4. The number of nitrogens with one attached hydrogen (secondary N) is 1. The molecule has 0 aliphatic rings. The Hall–Kier alpha value is -5.36. The lowest BCUT2D eigenvalue weighted by Crippen LogP contribution is -2.03. The number of hydrogen-bond donors (Lipinski definition) is 3. The fraction of sp³-hybridized carbons (Fsp3) is 0.0476. The van der Waals surface area contributed by atoms with Gasteiger partial charge in [-0.1, -0.05) is 0 Å². The molecule has 0 saturated carbocycles. The van der Waals surface area contributed by atoms with E-state index >= 15 is 0 Å². The predicted octanol–water partition coefficient (Wildman–Crippen LogP) is 3.43. The van der Waals surface area contributed by atoms with Crippen LogP contribution < -0.4 is 16.8 Å². The third-order valence-corrected chi connectivity index (χ3v) is 4.58. The van der Waals surface area contributed by atoms with Gasteiger partial charge in [-0.05, 0) is 37.3 Å². The molecule has 0 aliphatic heterocycles. The second-order valence-electron chi connectivity index (χ2n) is 6.71. The lowest BCUT2D eigenvalue weighted by atomic mass is 10.1. The van der Waals surface area contributed by atoms with Crippen LogP contribution in [-0.4, -0.2) is 24.7 Å². The molecule has 0 spiro atoms. The Kier molecular flexibility index (Phi) is 5.56. The third-order valence-electron chi connectivity index (χ3n) is 4.58. The molecule has 12 nitrogen and oxygen atoms in total. The molecule has 3 aromatic heterocycles. The van der Waals surface area contributed by atoms with Gasteiger partial charge in [-0.2, -0.15) is 20.3 Å². The average Bonchev–Trinajstić information content (AvgIpc) is 3.24. The minimum absolute atomic E-state index is 0.0497. The first kappa shape index (κ1) is 20.9. The summed E-state index contributed by atoms with van der Waals surface area (Å²) >= 11 is 0. The van der Waals surface area contributed by atoms with Gasteiger partial charge in [0.2, 0.25) is 0 Å². The van der Waals surface area contributed by atoms with E-state index in [1.54, 1.807) is 37.3 Å². The Morgan fingerprint density at radius 1 is 1.03 bits per heavy atom. The summed E-state index contributed by atoms with van der Waals surface area (Å²) < 4.78 is 1.28. The molecule has 0 bridgehead atoms. The first-order valence-electron chi connectivity index (χ1n) is 9.51. The minimum Gasteiger partial charge on any atom is -0.399 e. The summed E-state index contributed by atoms with van der Waals surface area (Å²) in [5, 5.41) is 34.7. The topological polar surface area (TPSA) is 193 Å². The average molecular weight is 436 g/mol. The number of nitriles is 2. The standard InChI is InChI=1S/C21H16N12/c1-12-16(10-23)19(29-15-5-3-14(24)4-6-15)30-18(25)17(12)31-32-20-13(9-22)11-28-33(20)21-26-7-2-8-27-21/h2-8,11H,24H2,1H3,(H3,25,29,30). The van der Waals surface area contributed by atoms with Gasteiger partial charge in [0.25, 0.3) is 5.95 Å². The van der Waals surface area contributed by atoms with E-state index in [9.17, 15) is 10.5 Å². The molecular formula is C21H16N12. The number of rotatable bonds is 5. The van der Waals surface area contributed by atoms with Crippen molar-refractivity contribution in [1.82, 2.24) is 24.7 Å². The van der Waals surface area contributed by atoms with Crippen molar-refractivity contribution in [2.75, 3.05) is 16.8 Å². The maximum atomic E-state index is 9.73. The summed E-state index contributed by atoms with van der Waals surface area (Å²) in [5.74, 6) is 0.659. The molecule has 0 fully saturated rings. The summed E-state index contributed by atoms with van der Waals surface area (Å²) in [4.78, 5) is 12.5. The SMILES string of the molecule is Cc1c(C#N)c(Nc2ccc(N)cc2)nc(N)c1N=Nc1c(C#N)cnn1-c1ncccn1. The van der Waals surface area contributed by atoms with Crippen molar-refractivity contribution in [2.24, 2.45) is 10.2 Å². The van der Waals surface area contributed by atoms with Crippen LogP contribution in [0.15, 0.2) is 59.2 Å². The smallest absolute Gasteiger partial charge is 0.252 e. The minimum atomic E-state index is 0.0497. The van der Waals surface area contributed by atoms with Crippen molar-refractivity contribution in [2.45, 2.75) is 6.92 Å². The zero-order chi connectivity index (χ0) is 23.4. The molecule has 0 aliphatic carbocycles. The van der Waals surface area contributed by atoms with Crippen molar-refractivity contribution in [1.29, 1.82) is 10.5 Å². The molecule has 33 heavy (non-hydrogen) atoms. The van der Waals surface area contributed by atoms with Crippen LogP contribution in [0.3, 0.4) is 0 Å². The molecule has 0 unspecified atom stereocenters. The molecule has 0 amide bonds. The van der Waals surface area contributed by atoms with E-state index < -0.39 is 0 Å². The molecule has 3 heterocycles. The van der Waals surface area contributed by atoms with Gasteiger partial charge in [0.05, 0.1) is 11.8 Å². The van der Waals surface area contributed by atoms with Crippen molar-refractivity contribution >= 4 is 34.5 Å². The summed E-state index contributed by atoms with van der Waals surface area (Å²) in [5.41, 5.74) is 14.2. The second-order valence-corrected chi connectivity index (χ2v) is 6.71. The highest BCUT2D eigenvalue weighted by Gasteiger charge is 2.18. The summed E-state index contributed by atoms with van der Waals surface area (Å²) in [6.07, 6.45) is 4.41. The Morgan fingerprint density at radius 3 is 2.42 bits per heavy atom. The largest absolute Gasteiger partial charge is 0.399 e. The number of nitrogen functional groups attached to an aromatic ring is 2. The summed E-state index contributed by atoms with van der Waals surface area (Å²) in [6.45, 7) is 1.68. The number of azo groups is 1. The van der Waals surface area contributed by atoms with Gasteiger partial charge in [0, 0.05) is 29.3 Å². The first-order valence-corrected chi connectivity index (χ1v) is 9.51. The fourth-order valence-electron chi connectivity index (χ4n) is 2.94. The normalized spacial score (nSPS) is 10.6. The molecule has 0 atom stereocenters. The van der Waals surface area contributed by atoms with Crippen LogP contribution >= 0.6 is 0 Å². The first-order chi connectivity index (χ1) is 16.0. The van der Waals surface area contributed by atoms with E-state index in [0.29, 0.717) is 16.9 Å². The van der Waals surface area contributed by atoms with E-state index in [1.807, 2.05) is 6.07 Å². The van der Waals surface area contributed by atoms with Crippen LogP contribution in [0.1, 0.15) is 16.7 Å². The van der Waals surface area contributed by atoms with Crippen molar-refractivity contribution < 1.29 is 0 Å². The molecule has 12 heteroatoms. The van der Waals surface area contributed by atoms with Crippen molar-refractivity contribution in [3.63, 3.8) is 0 Å². The highest BCUT2D eigenvalue weighted by Crippen LogP contribution is 2.34. The number of benzene rings is 1. The molecule has 160 valence electrons. The molecule has 0 radical (unpaired) electrons. The maximum Gasteiger partial charge on any atom is 0.252 e. The Labute approximate surface area is 187 Å². The lowest BCUT2D eigenvalue weighted by Gasteiger charge is -2.12. The van der Waals surface area contributed by atoms with E-state index in [2.05, 4.69) is 41.7 Å². The van der Waals surface area contributed by atoms with Crippen LogP contribution in [0, 0.1) is 29.6 Å².